The predicted octanol–water partition coefficient (Wildman–Crippen LogP) is 5.62. The maximum atomic E-state index is 6.07. The Morgan fingerprint density at radius 1 is 1.26 bits per heavy atom. The van der Waals surface area contributed by atoms with E-state index in [4.69, 9.17) is 4.74 Å². The van der Waals surface area contributed by atoms with Crippen LogP contribution in [-0.2, 0) is 0 Å². The molecule has 1 aromatic rings. The third-order valence-electron chi connectivity index (χ3n) is 3.53. The van der Waals surface area contributed by atoms with Gasteiger partial charge in [-0.15, -0.1) is 0 Å². The molecule has 1 heteroatoms. The Hall–Kier alpha value is -1.24. The number of rotatable bonds is 8. The molecule has 0 aliphatic heterocycles. The normalized spacial score (nSPS) is 12.8. The molecule has 0 amide bonds. The van der Waals surface area contributed by atoms with Crippen LogP contribution in [0.15, 0.2) is 24.3 Å². The average molecular weight is 260 g/mol. The molecule has 19 heavy (non-hydrogen) atoms. The Kier molecular flexibility index (Phi) is 7.32. The molecule has 1 unspecified atom stereocenters. The number of unbranched alkanes of at least 4 members (excludes halogenated alkanes) is 1. The minimum absolute atomic E-state index is 0.680. The highest BCUT2D eigenvalue weighted by molar-refractivity contribution is 5.57. The second-order valence-corrected chi connectivity index (χ2v) is 5.27. The van der Waals surface area contributed by atoms with Crippen LogP contribution in [0, 0.1) is 12.8 Å². The van der Waals surface area contributed by atoms with Gasteiger partial charge >= 0.3 is 0 Å². The van der Waals surface area contributed by atoms with Gasteiger partial charge in [0.25, 0.3) is 0 Å². The lowest BCUT2D eigenvalue weighted by Crippen LogP contribution is -2.11. The van der Waals surface area contributed by atoms with E-state index in [0.717, 1.165) is 12.4 Å². The van der Waals surface area contributed by atoms with Crippen molar-refractivity contribution in [3.63, 3.8) is 0 Å². The van der Waals surface area contributed by atoms with E-state index in [1.54, 1.807) is 0 Å². The van der Waals surface area contributed by atoms with Crippen molar-refractivity contribution in [3.05, 3.63) is 35.4 Å². The van der Waals surface area contributed by atoms with Crippen molar-refractivity contribution in [2.24, 2.45) is 5.92 Å². The third-order valence-corrected chi connectivity index (χ3v) is 3.53. The van der Waals surface area contributed by atoms with E-state index in [9.17, 15) is 0 Å². The lowest BCUT2D eigenvalue weighted by molar-refractivity contribution is 0.233. The maximum Gasteiger partial charge on any atom is 0.126 e. The van der Waals surface area contributed by atoms with Gasteiger partial charge in [-0.2, -0.15) is 0 Å². The highest BCUT2D eigenvalue weighted by Gasteiger charge is 2.08. The molecule has 0 aliphatic rings. The second kappa shape index (κ2) is 8.79. The van der Waals surface area contributed by atoms with Crippen LogP contribution >= 0.6 is 0 Å². The van der Waals surface area contributed by atoms with Crippen LogP contribution in [0.5, 0.6) is 5.75 Å². The summed E-state index contributed by atoms with van der Waals surface area (Å²) >= 11 is 0. The third kappa shape index (κ3) is 5.50. The number of benzene rings is 1. The first-order valence-corrected chi connectivity index (χ1v) is 7.57. The van der Waals surface area contributed by atoms with E-state index in [-0.39, 0.29) is 0 Å². The largest absolute Gasteiger partial charge is 0.493 e. The van der Waals surface area contributed by atoms with E-state index >= 15 is 0 Å². The van der Waals surface area contributed by atoms with Crippen LogP contribution in [-0.4, -0.2) is 6.61 Å². The van der Waals surface area contributed by atoms with E-state index in [0.29, 0.717) is 5.92 Å². The van der Waals surface area contributed by atoms with Gasteiger partial charge in [0.2, 0.25) is 0 Å². The summed E-state index contributed by atoms with van der Waals surface area (Å²) in [7, 11) is 0. The quantitative estimate of drug-likeness (QED) is 0.589. The topological polar surface area (TPSA) is 9.23 Å². The fraction of sp³-hybridized carbons (Fsp3) is 0.556. The van der Waals surface area contributed by atoms with Gasteiger partial charge in [-0.1, -0.05) is 57.4 Å². The molecule has 1 atom stereocenters. The van der Waals surface area contributed by atoms with Crippen LogP contribution in [0.3, 0.4) is 0 Å². The molecule has 0 aliphatic carbocycles. The van der Waals surface area contributed by atoms with Crippen molar-refractivity contribution in [2.75, 3.05) is 6.61 Å². The fourth-order valence-electron chi connectivity index (χ4n) is 2.19. The molecule has 1 rings (SSSR count). The molecule has 0 N–H and O–H groups in total. The summed E-state index contributed by atoms with van der Waals surface area (Å²) in [6.45, 7) is 9.50. The lowest BCUT2D eigenvalue weighted by Gasteiger charge is -2.17. The number of allylic oxidation sites excluding steroid dienone is 1. The Labute approximate surface area is 118 Å². The molecular formula is C18H28O. The van der Waals surface area contributed by atoms with E-state index < -0.39 is 0 Å². The molecule has 0 saturated carbocycles. The smallest absolute Gasteiger partial charge is 0.126 e. The fourth-order valence-corrected chi connectivity index (χ4v) is 2.19. The molecule has 0 fully saturated rings. The SMILES string of the molecule is CC=Cc1ccc(C)cc1OCC(CC)CCCC. The van der Waals surface area contributed by atoms with Gasteiger partial charge in [-0.25, -0.2) is 0 Å². The van der Waals surface area contributed by atoms with Gasteiger partial charge in [0.1, 0.15) is 5.75 Å². The molecule has 0 saturated heterocycles. The first-order valence-electron chi connectivity index (χ1n) is 7.57. The number of aryl methyl sites for hydroxylation is 1. The minimum atomic E-state index is 0.680. The zero-order valence-electron chi connectivity index (χ0n) is 12.9. The summed E-state index contributed by atoms with van der Waals surface area (Å²) in [5, 5.41) is 0. The Bertz CT molecular complexity index is 393. The molecular weight excluding hydrogens is 232 g/mol. The van der Waals surface area contributed by atoms with Gasteiger partial charge in [0.15, 0.2) is 0 Å². The Balaban J connectivity index is 2.67. The summed E-state index contributed by atoms with van der Waals surface area (Å²) in [6.07, 6.45) is 9.22. The summed E-state index contributed by atoms with van der Waals surface area (Å²) in [4.78, 5) is 0. The lowest BCUT2D eigenvalue weighted by atomic mass is 10.0. The number of ether oxygens (including phenoxy) is 1. The minimum Gasteiger partial charge on any atom is -0.493 e. The summed E-state index contributed by atoms with van der Waals surface area (Å²) < 4.78 is 6.07. The number of hydrogen-bond donors (Lipinski definition) is 0. The van der Waals surface area contributed by atoms with Crippen molar-refractivity contribution < 1.29 is 4.74 Å². The Morgan fingerprint density at radius 2 is 2.05 bits per heavy atom. The van der Waals surface area contributed by atoms with Crippen molar-refractivity contribution in [1.29, 1.82) is 0 Å². The van der Waals surface area contributed by atoms with Crippen molar-refractivity contribution in [1.82, 2.24) is 0 Å². The molecule has 1 aromatic carbocycles. The van der Waals surface area contributed by atoms with Crippen molar-refractivity contribution in [2.45, 2.75) is 53.4 Å². The van der Waals surface area contributed by atoms with Gasteiger partial charge < -0.3 is 4.74 Å². The van der Waals surface area contributed by atoms with Crippen molar-refractivity contribution >= 4 is 6.08 Å². The van der Waals surface area contributed by atoms with Gasteiger partial charge in [-0.05, 0) is 37.8 Å². The molecule has 0 spiro atoms. The molecule has 106 valence electrons. The second-order valence-electron chi connectivity index (χ2n) is 5.27. The van der Waals surface area contributed by atoms with E-state index in [2.05, 4.69) is 51.1 Å². The average Bonchev–Trinajstić information content (AvgIpc) is 2.42. The van der Waals surface area contributed by atoms with Gasteiger partial charge in [0.05, 0.1) is 6.61 Å². The van der Waals surface area contributed by atoms with Gasteiger partial charge in [-0.3, -0.25) is 0 Å². The van der Waals surface area contributed by atoms with Crippen LogP contribution in [0.4, 0.5) is 0 Å². The first-order chi connectivity index (χ1) is 9.21. The molecule has 1 nitrogen and oxygen atoms in total. The van der Waals surface area contributed by atoms with Crippen LogP contribution < -0.4 is 4.74 Å². The van der Waals surface area contributed by atoms with Crippen LogP contribution in [0.2, 0.25) is 0 Å². The maximum absolute atomic E-state index is 6.07. The summed E-state index contributed by atoms with van der Waals surface area (Å²) in [5.41, 5.74) is 2.43. The molecule has 0 bridgehead atoms. The molecule has 0 radical (unpaired) electrons. The highest BCUT2D eigenvalue weighted by atomic mass is 16.5. The van der Waals surface area contributed by atoms with Crippen LogP contribution in [0.25, 0.3) is 6.08 Å². The van der Waals surface area contributed by atoms with E-state index in [1.165, 1.54) is 36.8 Å². The van der Waals surface area contributed by atoms with Crippen LogP contribution in [0.1, 0.15) is 57.6 Å². The summed E-state index contributed by atoms with van der Waals surface area (Å²) in [6, 6.07) is 6.41. The van der Waals surface area contributed by atoms with E-state index in [1.807, 2.05) is 6.92 Å². The molecule has 0 aromatic heterocycles. The number of hydrogen-bond acceptors (Lipinski definition) is 1. The molecule has 0 heterocycles. The Morgan fingerprint density at radius 3 is 2.68 bits per heavy atom. The highest BCUT2D eigenvalue weighted by Crippen LogP contribution is 2.23. The van der Waals surface area contributed by atoms with Crippen molar-refractivity contribution in [3.8, 4) is 5.75 Å². The predicted molar refractivity (Wildman–Crippen MR) is 84.7 cm³/mol. The first kappa shape index (κ1) is 15.8. The zero-order valence-corrected chi connectivity index (χ0v) is 12.9. The zero-order chi connectivity index (χ0) is 14.1. The van der Waals surface area contributed by atoms with Gasteiger partial charge in [0, 0.05) is 5.56 Å². The summed E-state index contributed by atoms with van der Waals surface area (Å²) in [5.74, 6) is 1.70. The monoisotopic (exact) mass is 260 g/mol. The standard InChI is InChI=1S/C18H28O/c1-5-8-10-16(7-3)14-19-18-13-15(4)11-12-17(18)9-6-2/h6,9,11-13,16H,5,7-8,10,14H2,1-4H3.